The second-order valence-corrected chi connectivity index (χ2v) is 9.08. The van der Waals surface area contributed by atoms with E-state index in [1.807, 2.05) is 18.2 Å². The number of benzene rings is 2. The van der Waals surface area contributed by atoms with Crippen LogP contribution in [0.1, 0.15) is 55.7 Å². The molecule has 2 aromatic rings. The molecule has 0 aromatic heterocycles. The van der Waals surface area contributed by atoms with Crippen molar-refractivity contribution in [3.63, 3.8) is 0 Å². The predicted octanol–water partition coefficient (Wildman–Crippen LogP) is 6.01. The Labute approximate surface area is 183 Å². The molecule has 1 aliphatic heterocycles. The highest BCUT2D eigenvalue weighted by Crippen LogP contribution is 2.36. The minimum Gasteiger partial charge on any atom is -0.334 e. The van der Waals surface area contributed by atoms with Gasteiger partial charge in [-0.15, -0.1) is 0 Å². The van der Waals surface area contributed by atoms with Gasteiger partial charge in [-0.25, -0.2) is 0 Å². The van der Waals surface area contributed by atoms with Gasteiger partial charge in [0.15, 0.2) is 0 Å². The number of rotatable bonds is 5. The number of nitrogens with zero attached hydrogens (tertiary/aromatic N) is 1. The second kappa shape index (κ2) is 9.51. The molecule has 1 amide bonds. The monoisotopic (exact) mass is 430 g/mol. The minimum absolute atomic E-state index is 0.0589. The van der Waals surface area contributed by atoms with Crippen molar-refractivity contribution in [1.82, 2.24) is 10.2 Å². The second-order valence-electron chi connectivity index (χ2n) is 8.23. The quantitative estimate of drug-likeness (QED) is 0.629. The molecule has 0 spiro atoms. The van der Waals surface area contributed by atoms with Crippen LogP contribution in [0.3, 0.4) is 0 Å². The number of hydrogen-bond donors (Lipinski definition) is 1. The Balaban J connectivity index is 1.53. The van der Waals surface area contributed by atoms with Gasteiger partial charge in [0.2, 0.25) is 5.91 Å². The molecule has 2 aliphatic rings. The SMILES string of the molecule is O=C(C1CCCCC1)N1CCC(NCc2cc(Cl)ccc2Cl)C1c1ccccc1. The highest BCUT2D eigenvalue weighted by molar-refractivity contribution is 6.33. The fourth-order valence-electron chi connectivity index (χ4n) is 4.82. The molecular formula is C24H28Cl2N2O. The molecule has 1 aliphatic carbocycles. The molecule has 2 fully saturated rings. The van der Waals surface area contributed by atoms with Gasteiger partial charge in [-0.3, -0.25) is 4.79 Å². The highest BCUT2D eigenvalue weighted by atomic mass is 35.5. The lowest BCUT2D eigenvalue weighted by Crippen LogP contribution is -2.41. The van der Waals surface area contributed by atoms with Gasteiger partial charge < -0.3 is 10.2 Å². The van der Waals surface area contributed by atoms with Crippen LogP contribution in [0.2, 0.25) is 10.0 Å². The molecule has 2 aromatic carbocycles. The Kier molecular flexibility index (Phi) is 6.79. The summed E-state index contributed by atoms with van der Waals surface area (Å²) in [4.78, 5) is 15.5. The molecule has 1 heterocycles. The minimum atomic E-state index is 0.0589. The topological polar surface area (TPSA) is 32.3 Å². The average molecular weight is 431 g/mol. The van der Waals surface area contributed by atoms with Gasteiger partial charge in [-0.1, -0.05) is 72.8 Å². The lowest BCUT2D eigenvalue weighted by atomic mass is 9.87. The Morgan fingerprint density at radius 1 is 1.00 bits per heavy atom. The van der Waals surface area contributed by atoms with E-state index in [0.717, 1.165) is 31.4 Å². The first-order valence-electron chi connectivity index (χ1n) is 10.7. The fraction of sp³-hybridized carbons (Fsp3) is 0.458. The third kappa shape index (κ3) is 4.79. The lowest BCUT2D eigenvalue weighted by Gasteiger charge is -2.33. The number of halogens is 2. The van der Waals surface area contributed by atoms with Crippen LogP contribution in [0, 0.1) is 5.92 Å². The number of nitrogens with one attached hydrogen (secondary N) is 1. The lowest BCUT2D eigenvalue weighted by molar-refractivity contribution is -0.137. The normalized spacial score (nSPS) is 22.8. The summed E-state index contributed by atoms with van der Waals surface area (Å²) in [6, 6.07) is 16.2. The van der Waals surface area contributed by atoms with Crippen LogP contribution >= 0.6 is 23.2 Å². The summed E-state index contributed by atoms with van der Waals surface area (Å²) in [6.45, 7) is 1.44. The van der Waals surface area contributed by atoms with E-state index in [1.54, 1.807) is 6.07 Å². The van der Waals surface area contributed by atoms with Gasteiger partial charge in [-0.05, 0) is 48.6 Å². The van der Waals surface area contributed by atoms with Crippen LogP contribution < -0.4 is 5.32 Å². The summed E-state index contributed by atoms with van der Waals surface area (Å²) in [6.07, 6.45) is 6.62. The largest absolute Gasteiger partial charge is 0.334 e. The summed E-state index contributed by atoms with van der Waals surface area (Å²) in [5, 5.41) is 5.07. The van der Waals surface area contributed by atoms with Crippen molar-refractivity contribution in [2.45, 2.75) is 57.2 Å². The first kappa shape index (κ1) is 20.7. The summed E-state index contributed by atoms with van der Waals surface area (Å²) < 4.78 is 0. The molecule has 0 radical (unpaired) electrons. The summed E-state index contributed by atoms with van der Waals surface area (Å²) in [5.74, 6) is 0.528. The summed E-state index contributed by atoms with van der Waals surface area (Å²) in [7, 11) is 0. The Hall–Kier alpha value is -1.55. The zero-order valence-corrected chi connectivity index (χ0v) is 18.1. The van der Waals surface area contributed by atoms with E-state index in [9.17, 15) is 4.79 Å². The van der Waals surface area contributed by atoms with E-state index in [4.69, 9.17) is 23.2 Å². The van der Waals surface area contributed by atoms with Crippen LogP contribution in [-0.4, -0.2) is 23.4 Å². The Morgan fingerprint density at radius 2 is 1.76 bits per heavy atom. The highest BCUT2D eigenvalue weighted by Gasteiger charge is 2.40. The van der Waals surface area contributed by atoms with E-state index >= 15 is 0 Å². The zero-order valence-electron chi connectivity index (χ0n) is 16.6. The Bertz CT molecular complexity index is 836. The van der Waals surface area contributed by atoms with Crippen molar-refractivity contribution in [3.05, 3.63) is 69.7 Å². The molecule has 4 rings (SSSR count). The smallest absolute Gasteiger partial charge is 0.226 e. The third-order valence-corrected chi connectivity index (χ3v) is 6.94. The number of amides is 1. The molecule has 3 nitrogen and oxygen atoms in total. The van der Waals surface area contributed by atoms with Gasteiger partial charge in [0.05, 0.1) is 6.04 Å². The molecule has 2 unspecified atom stereocenters. The molecule has 1 saturated heterocycles. The maximum atomic E-state index is 13.4. The van der Waals surface area contributed by atoms with Gasteiger partial charge >= 0.3 is 0 Å². The van der Waals surface area contributed by atoms with Crippen LogP contribution in [0.4, 0.5) is 0 Å². The van der Waals surface area contributed by atoms with Crippen LogP contribution in [-0.2, 0) is 11.3 Å². The van der Waals surface area contributed by atoms with Crippen LogP contribution in [0.15, 0.2) is 48.5 Å². The molecule has 1 N–H and O–H groups in total. The molecule has 5 heteroatoms. The maximum absolute atomic E-state index is 13.4. The summed E-state index contributed by atoms with van der Waals surface area (Å²) in [5.41, 5.74) is 2.19. The van der Waals surface area contributed by atoms with E-state index in [1.165, 1.54) is 24.8 Å². The van der Waals surface area contributed by atoms with E-state index in [0.29, 0.717) is 22.5 Å². The van der Waals surface area contributed by atoms with Crippen molar-refractivity contribution in [3.8, 4) is 0 Å². The summed E-state index contributed by atoms with van der Waals surface area (Å²) >= 11 is 12.5. The van der Waals surface area contributed by atoms with Crippen molar-refractivity contribution < 1.29 is 4.79 Å². The molecule has 154 valence electrons. The van der Waals surface area contributed by atoms with Crippen molar-refractivity contribution in [1.29, 1.82) is 0 Å². The number of hydrogen-bond acceptors (Lipinski definition) is 2. The fourth-order valence-corrected chi connectivity index (χ4v) is 5.20. The third-order valence-electron chi connectivity index (χ3n) is 6.34. The zero-order chi connectivity index (χ0) is 20.2. The van der Waals surface area contributed by atoms with Crippen LogP contribution in [0.5, 0.6) is 0 Å². The van der Waals surface area contributed by atoms with E-state index < -0.39 is 0 Å². The first-order chi connectivity index (χ1) is 14.1. The van der Waals surface area contributed by atoms with Crippen molar-refractivity contribution in [2.75, 3.05) is 6.54 Å². The molecule has 2 atom stereocenters. The molecule has 1 saturated carbocycles. The first-order valence-corrected chi connectivity index (χ1v) is 11.4. The van der Waals surface area contributed by atoms with Crippen molar-refractivity contribution in [2.24, 2.45) is 5.92 Å². The molecular weight excluding hydrogens is 403 g/mol. The van der Waals surface area contributed by atoms with Crippen LogP contribution in [0.25, 0.3) is 0 Å². The predicted molar refractivity (Wildman–Crippen MR) is 119 cm³/mol. The average Bonchev–Trinajstić information content (AvgIpc) is 3.19. The van der Waals surface area contributed by atoms with E-state index in [2.05, 4.69) is 34.5 Å². The molecule has 29 heavy (non-hydrogen) atoms. The van der Waals surface area contributed by atoms with Gasteiger partial charge in [0.1, 0.15) is 0 Å². The van der Waals surface area contributed by atoms with E-state index in [-0.39, 0.29) is 18.0 Å². The maximum Gasteiger partial charge on any atom is 0.226 e. The number of carbonyl (C=O) groups is 1. The van der Waals surface area contributed by atoms with Gasteiger partial charge in [0, 0.05) is 35.1 Å². The van der Waals surface area contributed by atoms with Crippen molar-refractivity contribution >= 4 is 29.1 Å². The standard InChI is InChI=1S/C24H28Cl2N2O/c25-20-11-12-21(26)19(15-20)16-27-22-13-14-28(23(22)17-7-3-1-4-8-17)24(29)18-9-5-2-6-10-18/h1,3-4,7-8,11-12,15,18,22-23,27H,2,5-6,9-10,13-14,16H2. The van der Waals surface area contributed by atoms with Gasteiger partial charge in [-0.2, -0.15) is 0 Å². The number of likely N-dealkylation sites (tertiary alicyclic amines) is 1. The number of carbonyl (C=O) groups excluding carboxylic acids is 1. The molecule has 0 bridgehead atoms. The van der Waals surface area contributed by atoms with Gasteiger partial charge in [0.25, 0.3) is 0 Å². The Morgan fingerprint density at radius 3 is 2.52 bits per heavy atom.